The van der Waals surface area contributed by atoms with Gasteiger partial charge in [0.15, 0.2) is 5.78 Å². The molecule has 2 aromatic carbocycles. The first-order chi connectivity index (χ1) is 9.84. The van der Waals surface area contributed by atoms with Gasteiger partial charge in [0, 0.05) is 45.3 Å². The Morgan fingerprint density at radius 1 is 0.700 bits per heavy atom. The molecule has 4 aromatic rings. The van der Waals surface area contributed by atoms with E-state index in [2.05, 4.69) is 9.97 Å². The van der Waals surface area contributed by atoms with Crippen LogP contribution in [0.1, 0.15) is 15.9 Å². The molecule has 0 fully saturated rings. The minimum Gasteiger partial charge on any atom is -0.360 e. The topological polar surface area (TPSA) is 48.6 Å². The summed E-state index contributed by atoms with van der Waals surface area (Å²) in [6.45, 7) is 0. The quantitative estimate of drug-likeness (QED) is 0.528. The van der Waals surface area contributed by atoms with Crippen LogP contribution >= 0.6 is 0 Å². The summed E-state index contributed by atoms with van der Waals surface area (Å²) < 4.78 is 0. The predicted molar refractivity (Wildman–Crippen MR) is 80.0 cm³/mol. The molecular formula is C17H12N2O. The molecule has 0 aliphatic heterocycles. The molecule has 0 aliphatic carbocycles. The number of carbonyl (C=O) groups excluding carboxylic acids is 1. The van der Waals surface area contributed by atoms with Gasteiger partial charge in [-0.25, -0.2) is 0 Å². The lowest BCUT2D eigenvalue weighted by atomic mass is 10.0. The molecule has 20 heavy (non-hydrogen) atoms. The number of aromatic amines is 2. The maximum Gasteiger partial charge on any atom is 0.197 e. The smallest absolute Gasteiger partial charge is 0.197 e. The molecule has 3 nitrogen and oxygen atoms in total. The van der Waals surface area contributed by atoms with Crippen molar-refractivity contribution in [2.75, 3.05) is 0 Å². The molecule has 0 saturated heterocycles. The zero-order valence-corrected chi connectivity index (χ0v) is 10.7. The number of hydrogen-bond acceptors (Lipinski definition) is 1. The van der Waals surface area contributed by atoms with E-state index in [0.29, 0.717) is 11.1 Å². The van der Waals surface area contributed by atoms with Crippen LogP contribution in [0, 0.1) is 0 Å². The Morgan fingerprint density at radius 3 is 1.65 bits per heavy atom. The number of fused-ring (bicyclic) bond motifs is 2. The second kappa shape index (κ2) is 4.10. The summed E-state index contributed by atoms with van der Waals surface area (Å²) in [4.78, 5) is 19.1. The predicted octanol–water partition coefficient (Wildman–Crippen LogP) is 3.88. The zero-order valence-electron chi connectivity index (χ0n) is 10.7. The van der Waals surface area contributed by atoms with Crippen molar-refractivity contribution in [1.82, 2.24) is 9.97 Å². The average Bonchev–Trinajstić information content (AvgIpc) is 3.11. The van der Waals surface area contributed by atoms with Gasteiger partial charge in [-0.15, -0.1) is 0 Å². The van der Waals surface area contributed by atoms with Gasteiger partial charge in [0.05, 0.1) is 0 Å². The lowest BCUT2D eigenvalue weighted by Crippen LogP contribution is -1.99. The van der Waals surface area contributed by atoms with E-state index in [-0.39, 0.29) is 5.78 Å². The maximum atomic E-state index is 12.8. The number of aromatic nitrogens is 2. The van der Waals surface area contributed by atoms with E-state index in [1.165, 1.54) is 0 Å². The van der Waals surface area contributed by atoms with Gasteiger partial charge in [0.25, 0.3) is 0 Å². The van der Waals surface area contributed by atoms with Crippen molar-refractivity contribution in [3.63, 3.8) is 0 Å². The van der Waals surface area contributed by atoms with Crippen molar-refractivity contribution < 1.29 is 4.79 Å². The first-order valence-electron chi connectivity index (χ1n) is 6.51. The van der Waals surface area contributed by atoms with Crippen LogP contribution in [0.3, 0.4) is 0 Å². The number of ketones is 1. The number of rotatable bonds is 2. The van der Waals surface area contributed by atoms with E-state index in [9.17, 15) is 4.79 Å². The van der Waals surface area contributed by atoms with Gasteiger partial charge >= 0.3 is 0 Å². The normalized spacial score (nSPS) is 11.2. The van der Waals surface area contributed by atoms with E-state index >= 15 is 0 Å². The van der Waals surface area contributed by atoms with E-state index in [1.807, 2.05) is 48.5 Å². The minimum atomic E-state index is 0.0416. The van der Waals surface area contributed by atoms with Crippen LogP contribution in [0.5, 0.6) is 0 Å². The highest BCUT2D eigenvalue weighted by molar-refractivity contribution is 6.21. The molecule has 0 amide bonds. The average molecular weight is 260 g/mol. The number of H-pyrrole nitrogens is 2. The van der Waals surface area contributed by atoms with Crippen LogP contribution < -0.4 is 0 Å². The van der Waals surface area contributed by atoms with E-state index < -0.39 is 0 Å². The van der Waals surface area contributed by atoms with Gasteiger partial charge in [-0.1, -0.05) is 36.4 Å². The van der Waals surface area contributed by atoms with Gasteiger partial charge in [0.2, 0.25) is 0 Å². The molecule has 4 rings (SSSR count). The fourth-order valence-electron chi connectivity index (χ4n) is 2.66. The van der Waals surface area contributed by atoms with E-state index in [0.717, 1.165) is 21.8 Å². The summed E-state index contributed by atoms with van der Waals surface area (Å²) in [6.07, 6.45) is 3.57. The Hall–Kier alpha value is -2.81. The zero-order chi connectivity index (χ0) is 13.5. The van der Waals surface area contributed by atoms with Crippen LogP contribution in [0.15, 0.2) is 60.9 Å². The highest BCUT2D eigenvalue weighted by atomic mass is 16.1. The largest absolute Gasteiger partial charge is 0.360 e. The fourth-order valence-corrected chi connectivity index (χ4v) is 2.66. The Morgan fingerprint density at radius 2 is 1.15 bits per heavy atom. The third-order valence-corrected chi connectivity index (χ3v) is 3.67. The lowest BCUT2D eigenvalue weighted by Gasteiger charge is -1.98. The van der Waals surface area contributed by atoms with E-state index in [4.69, 9.17) is 0 Å². The molecule has 0 aliphatic rings. The highest BCUT2D eigenvalue weighted by Gasteiger charge is 2.17. The lowest BCUT2D eigenvalue weighted by molar-refractivity contribution is 0.104. The second-order valence-corrected chi connectivity index (χ2v) is 4.82. The number of hydrogen-bond donors (Lipinski definition) is 2. The Balaban J connectivity index is 1.92. The first-order valence-corrected chi connectivity index (χ1v) is 6.51. The van der Waals surface area contributed by atoms with Crippen LogP contribution in [0.2, 0.25) is 0 Å². The highest BCUT2D eigenvalue weighted by Crippen LogP contribution is 2.25. The van der Waals surface area contributed by atoms with Crippen molar-refractivity contribution in [2.24, 2.45) is 0 Å². The molecule has 0 radical (unpaired) electrons. The summed E-state index contributed by atoms with van der Waals surface area (Å²) >= 11 is 0. The van der Waals surface area contributed by atoms with Gasteiger partial charge in [-0.2, -0.15) is 0 Å². The van der Waals surface area contributed by atoms with Crippen molar-refractivity contribution in [2.45, 2.75) is 0 Å². The van der Waals surface area contributed by atoms with Crippen LogP contribution in [0.4, 0.5) is 0 Å². The number of nitrogens with one attached hydrogen (secondary N) is 2. The maximum absolute atomic E-state index is 12.8. The minimum absolute atomic E-state index is 0.0416. The van der Waals surface area contributed by atoms with Crippen molar-refractivity contribution in [1.29, 1.82) is 0 Å². The molecule has 3 heteroatoms. The van der Waals surface area contributed by atoms with Gasteiger partial charge < -0.3 is 9.97 Å². The molecule has 2 N–H and O–H groups in total. The third-order valence-electron chi connectivity index (χ3n) is 3.67. The SMILES string of the molecule is O=C(c1c[nH]c2ccccc12)c1c[nH]c2ccccc12. The third kappa shape index (κ3) is 1.50. The Bertz CT molecular complexity index is 854. The number of benzene rings is 2. The fraction of sp³-hybridized carbons (Fsp3) is 0. The first kappa shape index (κ1) is 11.1. The monoisotopic (exact) mass is 260 g/mol. The molecule has 0 saturated carbocycles. The molecule has 0 spiro atoms. The summed E-state index contributed by atoms with van der Waals surface area (Å²) in [6, 6.07) is 15.7. The van der Waals surface area contributed by atoms with Crippen LogP contribution in [-0.2, 0) is 0 Å². The molecule has 0 atom stereocenters. The molecular weight excluding hydrogens is 248 g/mol. The van der Waals surface area contributed by atoms with Gasteiger partial charge in [-0.3, -0.25) is 4.79 Å². The standard InChI is InChI=1S/C17H12N2O/c20-17(13-9-18-15-7-3-1-5-11(13)15)14-10-19-16-8-4-2-6-12(14)16/h1-10,18-19H. The molecule has 2 heterocycles. The summed E-state index contributed by atoms with van der Waals surface area (Å²) in [5.74, 6) is 0.0416. The summed E-state index contributed by atoms with van der Waals surface area (Å²) in [7, 11) is 0. The van der Waals surface area contributed by atoms with Gasteiger partial charge in [0.1, 0.15) is 0 Å². The molecule has 96 valence electrons. The summed E-state index contributed by atoms with van der Waals surface area (Å²) in [5.41, 5.74) is 3.39. The second-order valence-electron chi connectivity index (χ2n) is 4.82. The van der Waals surface area contributed by atoms with Crippen molar-refractivity contribution >= 4 is 27.6 Å². The van der Waals surface area contributed by atoms with Crippen LogP contribution in [0.25, 0.3) is 21.8 Å². The molecule has 0 unspecified atom stereocenters. The van der Waals surface area contributed by atoms with Gasteiger partial charge in [-0.05, 0) is 12.1 Å². The van der Waals surface area contributed by atoms with E-state index in [1.54, 1.807) is 12.4 Å². The number of carbonyl (C=O) groups is 1. The molecule has 0 bridgehead atoms. The van der Waals surface area contributed by atoms with Crippen LogP contribution in [-0.4, -0.2) is 15.8 Å². The Labute approximate surface area is 115 Å². The van der Waals surface area contributed by atoms with Crippen molar-refractivity contribution in [3.8, 4) is 0 Å². The molecule has 2 aromatic heterocycles. The summed E-state index contributed by atoms with van der Waals surface area (Å²) in [5, 5.41) is 1.92. The van der Waals surface area contributed by atoms with Crippen molar-refractivity contribution in [3.05, 3.63) is 72.1 Å². The number of para-hydroxylation sites is 2. The Kier molecular flexibility index (Phi) is 2.27.